The number of anilines is 2. The highest BCUT2D eigenvalue weighted by Crippen LogP contribution is 2.30. The maximum absolute atomic E-state index is 13.1. The third-order valence-corrected chi connectivity index (χ3v) is 7.98. The molecule has 1 fully saturated rings. The monoisotopic (exact) mass is 613 g/mol. The minimum Gasteiger partial charge on any atom is -0.475 e. The normalized spacial score (nSPS) is 17.7. The van der Waals surface area contributed by atoms with E-state index in [1.807, 2.05) is 24.3 Å². The smallest absolute Gasteiger partial charge is 0.475 e. The number of benzene rings is 2. The fraction of sp³-hybridized carbons (Fsp3) is 0.464. The first-order valence-corrected chi connectivity index (χ1v) is 14.9. The molecule has 1 aliphatic carbocycles. The largest absolute Gasteiger partial charge is 0.490 e. The SMILES string of the molecule is CC(C)(C)Nc1nc(NCC2CCC(CNS(=O)(=O)c3ccc(F)cc3)CC2)nc2ccccc12.O=C(O)C(F)(F)F. The Morgan fingerprint density at radius 2 is 1.48 bits per heavy atom. The highest BCUT2D eigenvalue weighted by Gasteiger charge is 2.38. The summed E-state index contributed by atoms with van der Waals surface area (Å²) in [6.07, 6.45) is -1.16. The first kappa shape index (κ1) is 33.0. The van der Waals surface area contributed by atoms with E-state index in [4.69, 9.17) is 19.9 Å². The van der Waals surface area contributed by atoms with Crippen molar-refractivity contribution >= 4 is 38.7 Å². The van der Waals surface area contributed by atoms with Gasteiger partial charge >= 0.3 is 12.1 Å². The van der Waals surface area contributed by atoms with Crippen molar-refractivity contribution in [1.82, 2.24) is 14.7 Å². The summed E-state index contributed by atoms with van der Waals surface area (Å²) in [4.78, 5) is 18.4. The number of aliphatic carboxylic acids is 1. The number of hydrogen-bond donors (Lipinski definition) is 4. The van der Waals surface area contributed by atoms with Crippen LogP contribution in [0.25, 0.3) is 10.9 Å². The van der Waals surface area contributed by atoms with Gasteiger partial charge in [0.1, 0.15) is 11.6 Å². The summed E-state index contributed by atoms with van der Waals surface area (Å²) in [5.41, 5.74) is 0.777. The number of aromatic nitrogens is 2. The molecule has 9 nitrogen and oxygen atoms in total. The lowest BCUT2D eigenvalue weighted by molar-refractivity contribution is -0.192. The van der Waals surface area contributed by atoms with Crippen molar-refractivity contribution in [3.63, 3.8) is 0 Å². The predicted octanol–water partition coefficient (Wildman–Crippen LogP) is 5.81. The fourth-order valence-corrected chi connectivity index (χ4v) is 5.52. The Morgan fingerprint density at radius 3 is 2.02 bits per heavy atom. The molecule has 0 aliphatic heterocycles. The molecule has 230 valence electrons. The minimum absolute atomic E-state index is 0.0903. The number of hydrogen-bond acceptors (Lipinski definition) is 7. The average molecular weight is 614 g/mol. The summed E-state index contributed by atoms with van der Waals surface area (Å²) >= 11 is 0. The predicted molar refractivity (Wildman–Crippen MR) is 152 cm³/mol. The Kier molecular flexibility index (Phi) is 10.7. The molecule has 0 spiro atoms. The van der Waals surface area contributed by atoms with Crippen LogP contribution in [0.2, 0.25) is 0 Å². The van der Waals surface area contributed by atoms with Gasteiger partial charge in [-0.05, 0) is 94.7 Å². The van der Waals surface area contributed by atoms with Crippen LogP contribution in [-0.2, 0) is 14.8 Å². The van der Waals surface area contributed by atoms with Crippen molar-refractivity contribution in [2.24, 2.45) is 11.8 Å². The van der Waals surface area contributed by atoms with Gasteiger partial charge in [0.15, 0.2) is 0 Å². The van der Waals surface area contributed by atoms with Crippen molar-refractivity contribution < 1.29 is 35.9 Å². The number of carbonyl (C=O) groups is 1. The van der Waals surface area contributed by atoms with Crippen molar-refractivity contribution in [3.8, 4) is 0 Å². The summed E-state index contributed by atoms with van der Waals surface area (Å²) in [5, 5.41) is 15.0. The highest BCUT2D eigenvalue weighted by atomic mass is 32.2. The summed E-state index contributed by atoms with van der Waals surface area (Å²) in [6.45, 7) is 7.50. The van der Waals surface area contributed by atoms with Crippen LogP contribution in [0.5, 0.6) is 0 Å². The zero-order valence-corrected chi connectivity index (χ0v) is 24.3. The van der Waals surface area contributed by atoms with Crippen LogP contribution in [0.4, 0.5) is 29.3 Å². The van der Waals surface area contributed by atoms with Crippen LogP contribution < -0.4 is 15.4 Å². The second-order valence-electron chi connectivity index (χ2n) is 11.2. The van der Waals surface area contributed by atoms with E-state index in [0.717, 1.165) is 61.1 Å². The molecule has 1 heterocycles. The van der Waals surface area contributed by atoms with Gasteiger partial charge in [0.05, 0.1) is 10.4 Å². The van der Waals surface area contributed by atoms with Crippen LogP contribution in [0, 0.1) is 17.7 Å². The Balaban J connectivity index is 0.000000616. The van der Waals surface area contributed by atoms with Gasteiger partial charge in [-0.2, -0.15) is 18.2 Å². The number of carboxylic acids is 1. The molecule has 2 aromatic carbocycles. The Morgan fingerprint density at radius 1 is 0.929 bits per heavy atom. The standard InChI is InChI=1S/C26H34FN5O2S.C2HF3O2/c1-26(2,3)32-24-22-6-4-5-7-23(22)30-25(31-24)28-16-18-8-10-19(11-9-18)17-29-35(33,34)21-14-12-20(27)13-15-21;3-2(4,5)1(6)7/h4-7,12-15,18-19,29H,8-11,16-17H2,1-3H3,(H2,28,30,31,32);(H,6,7). The number of para-hydroxylation sites is 1. The molecule has 1 aliphatic rings. The number of carboxylic acid groups (broad SMARTS) is 1. The molecule has 1 aromatic heterocycles. The highest BCUT2D eigenvalue weighted by molar-refractivity contribution is 7.89. The van der Waals surface area contributed by atoms with Gasteiger partial charge < -0.3 is 15.7 Å². The third-order valence-electron chi connectivity index (χ3n) is 6.54. The maximum Gasteiger partial charge on any atom is 0.490 e. The number of halogens is 4. The third kappa shape index (κ3) is 10.1. The molecule has 4 N–H and O–H groups in total. The molecule has 0 saturated heterocycles. The first-order chi connectivity index (χ1) is 19.5. The molecule has 0 atom stereocenters. The zero-order valence-electron chi connectivity index (χ0n) is 23.5. The molecule has 0 unspecified atom stereocenters. The van der Waals surface area contributed by atoms with Gasteiger partial charge in [-0.15, -0.1) is 0 Å². The molecule has 0 bridgehead atoms. The van der Waals surface area contributed by atoms with E-state index in [1.54, 1.807) is 0 Å². The number of rotatable bonds is 8. The van der Waals surface area contributed by atoms with Gasteiger partial charge in [0.25, 0.3) is 0 Å². The van der Waals surface area contributed by atoms with Gasteiger partial charge in [-0.25, -0.2) is 27.3 Å². The maximum atomic E-state index is 13.1. The van der Waals surface area contributed by atoms with Crippen molar-refractivity contribution in [2.45, 2.75) is 63.1 Å². The van der Waals surface area contributed by atoms with Gasteiger partial charge in [-0.1, -0.05) is 12.1 Å². The fourth-order valence-electron chi connectivity index (χ4n) is 4.41. The van der Waals surface area contributed by atoms with E-state index in [0.29, 0.717) is 24.3 Å². The van der Waals surface area contributed by atoms with Crippen molar-refractivity contribution in [2.75, 3.05) is 23.7 Å². The van der Waals surface area contributed by atoms with Crippen molar-refractivity contribution in [1.29, 1.82) is 0 Å². The Bertz CT molecular complexity index is 1450. The second kappa shape index (κ2) is 13.6. The molecule has 1 saturated carbocycles. The Labute approximate surface area is 242 Å². The van der Waals surface area contributed by atoms with E-state index in [9.17, 15) is 26.0 Å². The second-order valence-corrected chi connectivity index (χ2v) is 12.9. The van der Waals surface area contributed by atoms with E-state index in [1.165, 1.54) is 12.1 Å². The topological polar surface area (TPSA) is 133 Å². The zero-order chi connectivity index (χ0) is 31.1. The number of alkyl halides is 3. The van der Waals surface area contributed by atoms with Gasteiger partial charge in [0, 0.05) is 24.0 Å². The molecule has 0 radical (unpaired) electrons. The number of sulfonamides is 1. The number of nitrogens with zero attached hydrogens (tertiary/aromatic N) is 2. The lowest BCUT2D eigenvalue weighted by Crippen LogP contribution is -2.32. The lowest BCUT2D eigenvalue weighted by atomic mass is 9.82. The average Bonchev–Trinajstić information content (AvgIpc) is 2.90. The van der Waals surface area contributed by atoms with Crippen molar-refractivity contribution in [3.05, 3.63) is 54.3 Å². The minimum atomic E-state index is -5.08. The van der Waals surface area contributed by atoms with E-state index in [2.05, 4.69) is 36.1 Å². The number of fused-ring (bicyclic) bond motifs is 1. The summed E-state index contributed by atoms with van der Waals surface area (Å²) in [6, 6.07) is 12.9. The summed E-state index contributed by atoms with van der Waals surface area (Å²) in [7, 11) is -3.62. The quantitative estimate of drug-likeness (QED) is 0.234. The van der Waals surface area contributed by atoms with Crippen LogP contribution in [0.1, 0.15) is 46.5 Å². The summed E-state index contributed by atoms with van der Waals surface area (Å²) < 4.78 is 72.4. The molecule has 14 heteroatoms. The molecule has 42 heavy (non-hydrogen) atoms. The molecule has 0 amide bonds. The molecule has 3 aromatic rings. The Hall–Kier alpha value is -3.52. The molecule has 4 rings (SSSR count). The van der Waals surface area contributed by atoms with Crippen LogP contribution in [-0.4, -0.2) is 54.3 Å². The number of nitrogens with one attached hydrogen (secondary N) is 3. The molecular weight excluding hydrogens is 578 g/mol. The van der Waals surface area contributed by atoms with Crippen LogP contribution in [0.3, 0.4) is 0 Å². The van der Waals surface area contributed by atoms with Gasteiger partial charge in [-0.3, -0.25) is 0 Å². The van der Waals surface area contributed by atoms with Gasteiger partial charge in [0.2, 0.25) is 16.0 Å². The van der Waals surface area contributed by atoms with Crippen LogP contribution >= 0.6 is 0 Å². The van der Waals surface area contributed by atoms with E-state index >= 15 is 0 Å². The summed E-state index contributed by atoms with van der Waals surface area (Å²) in [5.74, 6) is -0.999. The van der Waals surface area contributed by atoms with E-state index in [-0.39, 0.29) is 10.4 Å². The molecular formula is C28H35F4N5O4S. The van der Waals surface area contributed by atoms with Crippen LogP contribution in [0.15, 0.2) is 53.4 Å². The lowest BCUT2D eigenvalue weighted by Gasteiger charge is -2.29. The van der Waals surface area contributed by atoms with E-state index < -0.39 is 28.0 Å². The first-order valence-electron chi connectivity index (χ1n) is 13.4.